The van der Waals surface area contributed by atoms with Gasteiger partial charge in [0.1, 0.15) is 11.0 Å². The topological polar surface area (TPSA) is 83.9 Å². The number of benzene rings is 1. The van der Waals surface area contributed by atoms with Gasteiger partial charge in [-0.25, -0.2) is 4.21 Å². The van der Waals surface area contributed by atoms with E-state index in [0.717, 1.165) is 81.4 Å². The lowest BCUT2D eigenvalue weighted by Crippen LogP contribution is -2.41. The van der Waals surface area contributed by atoms with Crippen molar-refractivity contribution in [1.82, 2.24) is 19.1 Å². The molecule has 1 aromatic heterocycles. The number of aromatic nitrogens is 1. The van der Waals surface area contributed by atoms with E-state index in [0.29, 0.717) is 42.8 Å². The number of nitrogens with one attached hydrogen (secondary N) is 1. The summed E-state index contributed by atoms with van der Waals surface area (Å²) in [7, 11) is 0.664. The lowest BCUT2D eigenvalue weighted by atomic mass is 10.0. The molecule has 8 nitrogen and oxygen atoms in total. The summed E-state index contributed by atoms with van der Waals surface area (Å²) in [6.45, 7) is 6.07. The van der Waals surface area contributed by atoms with Crippen molar-refractivity contribution in [3.05, 3.63) is 35.0 Å². The van der Waals surface area contributed by atoms with Gasteiger partial charge < -0.3 is 15.0 Å². The lowest BCUT2D eigenvalue weighted by Gasteiger charge is -2.33. The summed E-state index contributed by atoms with van der Waals surface area (Å²) >= 11 is 0. The maximum atomic E-state index is 13.3. The van der Waals surface area contributed by atoms with Crippen LogP contribution >= 0.6 is 0 Å². The molecule has 1 N–H and O–H groups in total. The molecule has 2 amide bonds. The maximum Gasteiger partial charge on any atom is 0.253 e. The predicted molar refractivity (Wildman–Crippen MR) is 146 cm³/mol. The number of carbonyl (C=O) groups is 2. The Morgan fingerprint density at radius 1 is 1.14 bits per heavy atom. The van der Waals surface area contributed by atoms with E-state index in [9.17, 15) is 13.8 Å². The van der Waals surface area contributed by atoms with Crippen LogP contribution < -0.4 is 5.32 Å². The van der Waals surface area contributed by atoms with Gasteiger partial charge in [0.2, 0.25) is 5.91 Å². The van der Waals surface area contributed by atoms with Crippen molar-refractivity contribution in [1.29, 1.82) is 0 Å². The van der Waals surface area contributed by atoms with Gasteiger partial charge >= 0.3 is 0 Å². The van der Waals surface area contributed by atoms with Gasteiger partial charge in [-0.3, -0.25) is 18.5 Å². The molecule has 2 aromatic rings. The van der Waals surface area contributed by atoms with Crippen molar-refractivity contribution in [3.63, 3.8) is 0 Å². The minimum Gasteiger partial charge on any atom is -0.381 e. The zero-order valence-corrected chi connectivity index (χ0v) is 23.0. The zero-order valence-electron chi connectivity index (χ0n) is 22.2. The molecular weight excluding hydrogens is 488 g/mol. The van der Waals surface area contributed by atoms with E-state index in [1.54, 1.807) is 11.9 Å². The summed E-state index contributed by atoms with van der Waals surface area (Å²) in [5.74, 6) is 0.588. The van der Waals surface area contributed by atoms with E-state index in [1.165, 1.54) is 5.56 Å². The largest absolute Gasteiger partial charge is 0.381 e. The van der Waals surface area contributed by atoms with E-state index >= 15 is 0 Å². The molecule has 1 aliphatic carbocycles. The van der Waals surface area contributed by atoms with Gasteiger partial charge in [0.05, 0.1) is 5.52 Å². The minimum absolute atomic E-state index is 0.0416. The number of hydrogen-bond acceptors (Lipinski definition) is 5. The minimum atomic E-state index is -1.14. The van der Waals surface area contributed by atoms with Crippen LogP contribution in [0.3, 0.4) is 0 Å². The van der Waals surface area contributed by atoms with E-state index < -0.39 is 11.0 Å². The second kappa shape index (κ2) is 11.7. The fourth-order valence-electron chi connectivity index (χ4n) is 5.76. The Kier molecular flexibility index (Phi) is 8.31. The Hall–Kier alpha value is -2.23. The van der Waals surface area contributed by atoms with Crippen molar-refractivity contribution < 1.29 is 18.5 Å². The highest BCUT2D eigenvalue weighted by Crippen LogP contribution is 2.32. The molecule has 1 atom stereocenters. The first kappa shape index (κ1) is 26.4. The Labute approximate surface area is 222 Å². The number of hydrogen-bond donors (Lipinski definition) is 1. The predicted octanol–water partition coefficient (Wildman–Crippen LogP) is 2.88. The van der Waals surface area contributed by atoms with Crippen LogP contribution in [-0.4, -0.2) is 87.5 Å². The summed E-state index contributed by atoms with van der Waals surface area (Å²) in [6, 6.07) is 6.74. The molecule has 1 aromatic carbocycles. The fraction of sp³-hybridized carbons (Fsp3) is 0.643. The molecular formula is C28H40N4O4S. The SMILES string of the molecule is CCS(=O)n1c2c(c3cc(C(=O)N(C)CCCC(=O)NC4CC4)ccc31)CCN(C1CCOCC1)CC2. The third-order valence-corrected chi connectivity index (χ3v) is 9.33. The Balaban J connectivity index is 1.34. The van der Waals surface area contributed by atoms with Crippen LogP contribution in [0.2, 0.25) is 0 Å². The van der Waals surface area contributed by atoms with Gasteiger partial charge in [-0.05, 0) is 62.3 Å². The lowest BCUT2D eigenvalue weighted by molar-refractivity contribution is -0.121. The van der Waals surface area contributed by atoms with E-state index in [-0.39, 0.29) is 11.8 Å². The summed E-state index contributed by atoms with van der Waals surface area (Å²) in [6.07, 6.45) is 7.13. The van der Waals surface area contributed by atoms with Gasteiger partial charge in [-0.15, -0.1) is 0 Å². The van der Waals surface area contributed by atoms with Crippen LogP contribution in [0.15, 0.2) is 18.2 Å². The average molecular weight is 529 g/mol. The first-order valence-electron chi connectivity index (χ1n) is 13.9. The molecule has 3 heterocycles. The highest BCUT2D eigenvalue weighted by atomic mass is 32.2. The Morgan fingerprint density at radius 3 is 2.62 bits per heavy atom. The average Bonchev–Trinajstić information content (AvgIpc) is 3.71. The van der Waals surface area contributed by atoms with Crippen molar-refractivity contribution in [2.45, 2.75) is 70.4 Å². The molecule has 0 bridgehead atoms. The van der Waals surface area contributed by atoms with Crippen LogP contribution in [0.25, 0.3) is 10.9 Å². The third kappa shape index (κ3) is 5.94. The summed E-state index contributed by atoms with van der Waals surface area (Å²) in [5.41, 5.74) is 4.00. The maximum absolute atomic E-state index is 13.3. The number of amides is 2. The number of rotatable bonds is 9. The summed E-state index contributed by atoms with van der Waals surface area (Å²) in [4.78, 5) is 29.5. The summed E-state index contributed by atoms with van der Waals surface area (Å²) in [5, 5.41) is 4.05. The van der Waals surface area contributed by atoms with Crippen molar-refractivity contribution in [2.75, 3.05) is 45.6 Å². The van der Waals surface area contributed by atoms with E-state index in [4.69, 9.17) is 4.74 Å². The van der Waals surface area contributed by atoms with Crippen molar-refractivity contribution in [2.24, 2.45) is 0 Å². The van der Waals surface area contributed by atoms with Crippen LogP contribution in [0.5, 0.6) is 0 Å². The van der Waals surface area contributed by atoms with E-state index in [2.05, 4.69) is 10.2 Å². The van der Waals surface area contributed by atoms with Gasteiger partial charge in [0.15, 0.2) is 0 Å². The molecule has 1 unspecified atom stereocenters. The number of ether oxygens (including phenoxy) is 1. The summed E-state index contributed by atoms with van der Waals surface area (Å²) < 4.78 is 20.8. The number of fused-ring (bicyclic) bond motifs is 3. The second-order valence-corrected chi connectivity index (χ2v) is 12.2. The highest BCUT2D eigenvalue weighted by molar-refractivity contribution is 7.83. The van der Waals surface area contributed by atoms with Crippen LogP contribution in [0.4, 0.5) is 0 Å². The van der Waals surface area contributed by atoms with Crippen LogP contribution in [0, 0.1) is 0 Å². The Morgan fingerprint density at radius 2 is 1.89 bits per heavy atom. The van der Waals surface area contributed by atoms with Crippen molar-refractivity contribution >= 4 is 33.7 Å². The first-order valence-corrected chi connectivity index (χ1v) is 15.2. The molecule has 5 rings (SSSR count). The zero-order chi connectivity index (χ0) is 25.9. The monoisotopic (exact) mass is 528 g/mol. The molecule has 2 fully saturated rings. The van der Waals surface area contributed by atoms with Gasteiger partial charge in [0, 0.05) is 87.2 Å². The quantitative estimate of drug-likeness (QED) is 0.541. The fourth-order valence-corrected chi connectivity index (χ4v) is 6.85. The molecule has 1 saturated carbocycles. The van der Waals surface area contributed by atoms with Gasteiger partial charge in [0.25, 0.3) is 5.91 Å². The van der Waals surface area contributed by atoms with E-state index in [1.807, 2.05) is 29.1 Å². The molecule has 2 aliphatic heterocycles. The third-order valence-electron chi connectivity index (χ3n) is 8.01. The second-order valence-electron chi connectivity index (χ2n) is 10.6. The standard InChI is InChI=1S/C28H40N4O4S/c1-3-37(35)32-25-9-6-20(28(34)30(2)14-4-5-27(33)29-21-7-8-21)19-24(25)23-10-15-31(16-11-26(23)32)22-12-17-36-18-13-22/h6,9,19,21-22H,3-5,7-8,10-18H2,1-2H3,(H,29,33). The molecule has 202 valence electrons. The number of nitrogens with zero attached hydrogens (tertiary/aromatic N) is 3. The molecule has 0 spiro atoms. The molecule has 3 aliphatic rings. The molecule has 0 radical (unpaired) electrons. The van der Waals surface area contributed by atoms with Crippen molar-refractivity contribution in [3.8, 4) is 0 Å². The Bertz CT molecular complexity index is 1170. The van der Waals surface area contributed by atoms with Gasteiger partial charge in [-0.1, -0.05) is 6.92 Å². The first-order chi connectivity index (χ1) is 18.0. The molecule has 37 heavy (non-hydrogen) atoms. The highest BCUT2D eigenvalue weighted by Gasteiger charge is 2.29. The van der Waals surface area contributed by atoms with Crippen LogP contribution in [0.1, 0.15) is 67.1 Å². The number of carbonyl (C=O) groups excluding carboxylic acids is 2. The molecule has 1 saturated heterocycles. The smallest absolute Gasteiger partial charge is 0.253 e. The van der Waals surface area contributed by atoms with Crippen LogP contribution in [-0.2, 0) is 33.4 Å². The normalized spacial score (nSPS) is 19.8. The molecule has 9 heteroatoms. The van der Waals surface area contributed by atoms with Gasteiger partial charge in [-0.2, -0.15) is 0 Å².